The molecule has 0 radical (unpaired) electrons. The van der Waals surface area contributed by atoms with E-state index in [0.29, 0.717) is 6.54 Å². The smallest absolute Gasteiger partial charge is 0.151 e. The lowest BCUT2D eigenvalue weighted by molar-refractivity contribution is -0.119. The number of benzene rings is 1. The molecule has 18 heavy (non-hydrogen) atoms. The van der Waals surface area contributed by atoms with Crippen molar-refractivity contribution >= 4 is 5.78 Å². The molecule has 0 unspecified atom stereocenters. The summed E-state index contributed by atoms with van der Waals surface area (Å²) in [7, 11) is 0. The van der Waals surface area contributed by atoms with Gasteiger partial charge in [0.25, 0.3) is 0 Å². The van der Waals surface area contributed by atoms with Gasteiger partial charge in [0.15, 0.2) is 5.78 Å². The Morgan fingerprint density at radius 2 is 2.00 bits per heavy atom. The Labute approximate surface area is 105 Å². The molecule has 1 aliphatic heterocycles. The van der Waals surface area contributed by atoms with E-state index >= 15 is 0 Å². The summed E-state index contributed by atoms with van der Waals surface area (Å²) in [4.78, 5) is 13.8. The van der Waals surface area contributed by atoms with Gasteiger partial charge in [-0.2, -0.15) is 0 Å². The fourth-order valence-corrected chi connectivity index (χ4v) is 2.05. The van der Waals surface area contributed by atoms with Crippen LogP contribution in [-0.4, -0.2) is 43.4 Å². The first-order chi connectivity index (χ1) is 8.65. The number of hydrogen-bond donors (Lipinski definition) is 1. The van der Waals surface area contributed by atoms with Gasteiger partial charge >= 0.3 is 0 Å². The van der Waals surface area contributed by atoms with E-state index in [4.69, 9.17) is 0 Å². The fourth-order valence-electron chi connectivity index (χ4n) is 2.05. The molecule has 1 aromatic rings. The fraction of sp³-hybridized carbons (Fsp3) is 0.462. The molecule has 5 heteroatoms. The maximum Gasteiger partial charge on any atom is 0.151 e. The first-order valence-electron chi connectivity index (χ1n) is 6.04. The van der Waals surface area contributed by atoms with Crippen LogP contribution in [0, 0.1) is 11.6 Å². The zero-order valence-electron chi connectivity index (χ0n) is 10.1. The highest BCUT2D eigenvalue weighted by atomic mass is 19.1. The zero-order chi connectivity index (χ0) is 13.0. The number of rotatable bonds is 4. The highest BCUT2D eigenvalue weighted by Crippen LogP contribution is 2.10. The van der Waals surface area contributed by atoms with Crippen LogP contribution in [0.3, 0.4) is 0 Å². The molecule has 0 atom stereocenters. The predicted molar refractivity (Wildman–Crippen MR) is 64.4 cm³/mol. The minimum Gasteiger partial charge on any atom is -0.314 e. The van der Waals surface area contributed by atoms with Crippen molar-refractivity contribution < 1.29 is 13.6 Å². The van der Waals surface area contributed by atoms with Gasteiger partial charge < -0.3 is 5.32 Å². The van der Waals surface area contributed by atoms with Gasteiger partial charge in [-0.3, -0.25) is 9.69 Å². The van der Waals surface area contributed by atoms with Crippen LogP contribution in [0.4, 0.5) is 8.78 Å². The molecule has 1 fully saturated rings. The van der Waals surface area contributed by atoms with Crippen LogP contribution >= 0.6 is 0 Å². The van der Waals surface area contributed by atoms with E-state index in [0.717, 1.165) is 32.2 Å². The monoisotopic (exact) mass is 254 g/mol. The maximum absolute atomic E-state index is 13.4. The molecule has 0 spiro atoms. The number of halogens is 2. The average Bonchev–Trinajstić information content (AvgIpc) is 2.34. The Morgan fingerprint density at radius 1 is 1.28 bits per heavy atom. The molecule has 1 saturated heterocycles. The number of piperazine rings is 1. The number of ketones is 1. The van der Waals surface area contributed by atoms with Gasteiger partial charge in [-0.05, 0) is 11.6 Å². The van der Waals surface area contributed by atoms with Crippen LogP contribution in [0.25, 0.3) is 0 Å². The number of carbonyl (C=O) groups excluding carboxylic acids is 1. The molecule has 0 aliphatic carbocycles. The normalized spacial score (nSPS) is 16.8. The van der Waals surface area contributed by atoms with Gasteiger partial charge in [-0.15, -0.1) is 0 Å². The molecule has 0 amide bonds. The first-order valence-corrected chi connectivity index (χ1v) is 6.04. The maximum atomic E-state index is 13.4. The van der Waals surface area contributed by atoms with Gasteiger partial charge in [0.05, 0.1) is 6.54 Å². The van der Waals surface area contributed by atoms with Crippen molar-refractivity contribution in [1.82, 2.24) is 10.2 Å². The van der Waals surface area contributed by atoms with Crippen molar-refractivity contribution in [2.75, 3.05) is 32.7 Å². The Hall–Kier alpha value is -1.33. The van der Waals surface area contributed by atoms with Gasteiger partial charge in [-0.1, -0.05) is 6.07 Å². The second-order valence-corrected chi connectivity index (χ2v) is 4.48. The lowest BCUT2D eigenvalue weighted by Crippen LogP contribution is -2.45. The minimum absolute atomic E-state index is 0.0239. The van der Waals surface area contributed by atoms with Crippen LogP contribution in [0.15, 0.2) is 18.2 Å². The third kappa shape index (κ3) is 3.58. The number of nitrogens with zero attached hydrogens (tertiary/aromatic N) is 1. The van der Waals surface area contributed by atoms with Gasteiger partial charge in [-0.25, -0.2) is 8.78 Å². The Morgan fingerprint density at radius 3 is 2.67 bits per heavy atom. The van der Waals surface area contributed by atoms with Crippen molar-refractivity contribution in [3.05, 3.63) is 35.4 Å². The predicted octanol–water partition coefficient (Wildman–Crippen LogP) is 0.982. The third-order valence-electron chi connectivity index (χ3n) is 3.01. The van der Waals surface area contributed by atoms with Crippen LogP contribution in [0.2, 0.25) is 0 Å². The van der Waals surface area contributed by atoms with Crippen molar-refractivity contribution in [2.45, 2.75) is 6.42 Å². The van der Waals surface area contributed by atoms with E-state index in [1.54, 1.807) is 0 Å². The molecule has 98 valence electrons. The SMILES string of the molecule is O=C(Cc1ccc(F)cc1F)CN1CCNCC1. The summed E-state index contributed by atoms with van der Waals surface area (Å²) in [5.74, 6) is -1.31. The zero-order valence-corrected chi connectivity index (χ0v) is 10.1. The highest BCUT2D eigenvalue weighted by Gasteiger charge is 2.15. The van der Waals surface area contributed by atoms with E-state index in [-0.39, 0.29) is 17.8 Å². The number of nitrogens with one attached hydrogen (secondary N) is 1. The van der Waals surface area contributed by atoms with Crippen molar-refractivity contribution in [3.8, 4) is 0 Å². The van der Waals surface area contributed by atoms with Crippen LogP contribution in [-0.2, 0) is 11.2 Å². The third-order valence-corrected chi connectivity index (χ3v) is 3.01. The van der Waals surface area contributed by atoms with Gasteiger partial charge in [0, 0.05) is 38.7 Å². The van der Waals surface area contributed by atoms with E-state index in [1.807, 2.05) is 4.90 Å². The molecule has 1 aromatic carbocycles. The van der Waals surface area contributed by atoms with Crippen LogP contribution < -0.4 is 5.32 Å². The van der Waals surface area contributed by atoms with E-state index in [1.165, 1.54) is 12.1 Å². The Balaban J connectivity index is 1.90. The molecular weight excluding hydrogens is 238 g/mol. The van der Waals surface area contributed by atoms with Crippen molar-refractivity contribution in [2.24, 2.45) is 0 Å². The number of carbonyl (C=O) groups is 1. The average molecular weight is 254 g/mol. The van der Waals surface area contributed by atoms with Gasteiger partial charge in [0.2, 0.25) is 0 Å². The minimum atomic E-state index is -0.649. The van der Waals surface area contributed by atoms with E-state index in [9.17, 15) is 13.6 Å². The second-order valence-electron chi connectivity index (χ2n) is 4.48. The lowest BCUT2D eigenvalue weighted by atomic mass is 10.1. The quantitative estimate of drug-likeness (QED) is 0.869. The number of hydrogen-bond acceptors (Lipinski definition) is 3. The summed E-state index contributed by atoms with van der Waals surface area (Å²) in [5.41, 5.74) is 0.261. The molecular formula is C13H16F2N2O. The molecule has 1 heterocycles. The summed E-state index contributed by atoms with van der Waals surface area (Å²) in [5, 5.41) is 3.20. The van der Waals surface area contributed by atoms with E-state index < -0.39 is 11.6 Å². The summed E-state index contributed by atoms with van der Waals surface area (Å²) in [6.07, 6.45) is 0.0239. The Kier molecular flexibility index (Phi) is 4.38. The molecule has 2 rings (SSSR count). The standard InChI is InChI=1S/C13H16F2N2O/c14-11-2-1-10(13(15)8-11)7-12(18)9-17-5-3-16-4-6-17/h1-2,8,16H,3-7,9H2. The second kappa shape index (κ2) is 6.02. The molecule has 0 saturated carbocycles. The molecule has 1 N–H and O–H groups in total. The van der Waals surface area contributed by atoms with Crippen molar-refractivity contribution in [1.29, 1.82) is 0 Å². The number of Topliss-reactive ketones (excluding diaryl/α,β-unsaturated/α-hetero) is 1. The molecule has 1 aliphatic rings. The summed E-state index contributed by atoms with van der Waals surface area (Å²) in [6, 6.07) is 3.32. The summed E-state index contributed by atoms with van der Waals surface area (Å²) < 4.78 is 26.1. The summed E-state index contributed by atoms with van der Waals surface area (Å²) in [6.45, 7) is 3.74. The first kappa shape index (κ1) is 13.1. The highest BCUT2D eigenvalue weighted by molar-refractivity contribution is 5.82. The summed E-state index contributed by atoms with van der Waals surface area (Å²) >= 11 is 0. The molecule has 0 bridgehead atoms. The largest absolute Gasteiger partial charge is 0.314 e. The Bertz CT molecular complexity index is 431. The topological polar surface area (TPSA) is 32.3 Å². The molecule has 3 nitrogen and oxygen atoms in total. The lowest BCUT2D eigenvalue weighted by Gasteiger charge is -2.26. The van der Waals surface area contributed by atoms with Gasteiger partial charge in [0.1, 0.15) is 11.6 Å². The van der Waals surface area contributed by atoms with Crippen molar-refractivity contribution in [3.63, 3.8) is 0 Å². The molecule has 0 aromatic heterocycles. The van der Waals surface area contributed by atoms with Crippen LogP contribution in [0.1, 0.15) is 5.56 Å². The van der Waals surface area contributed by atoms with Crippen LogP contribution in [0.5, 0.6) is 0 Å². The van der Waals surface area contributed by atoms with E-state index in [2.05, 4.69) is 5.32 Å².